The number of hydrogen-bond acceptors (Lipinski definition) is 4. The number of carbonyl (C=O) groups excluding carboxylic acids is 1. The van der Waals surface area contributed by atoms with Gasteiger partial charge in [0.15, 0.2) is 17.3 Å². The predicted octanol–water partition coefficient (Wildman–Crippen LogP) is 1.99. The molecular formula is C13H17NO3. The van der Waals surface area contributed by atoms with Crippen LogP contribution in [0.2, 0.25) is 0 Å². The summed E-state index contributed by atoms with van der Waals surface area (Å²) in [6.45, 7) is 2.25. The molecule has 92 valence electrons. The Morgan fingerprint density at radius 2 is 2.29 bits per heavy atom. The van der Waals surface area contributed by atoms with Gasteiger partial charge in [0, 0.05) is 0 Å². The van der Waals surface area contributed by atoms with E-state index in [-0.39, 0.29) is 18.6 Å². The zero-order valence-electron chi connectivity index (χ0n) is 10.2. The molecule has 1 N–H and O–H groups in total. The van der Waals surface area contributed by atoms with E-state index in [0.29, 0.717) is 17.1 Å². The molecule has 0 bridgehead atoms. The zero-order chi connectivity index (χ0) is 12.3. The molecule has 0 radical (unpaired) electrons. The van der Waals surface area contributed by atoms with Crippen molar-refractivity contribution in [2.45, 2.75) is 25.8 Å². The highest BCUT2D eigenvalue weighted by Gasteiger charge is 2.25. The number of benzene rings is 1. The van der Waals surface area contributed by atoms with E-state index in [2.05, 4.69) is 12.2 Å². The van der Waals surface area contributed by atoms with E-state index in [0.717, 1.165) is 12.8 Å². The van der Waals surface area contributed by atoms with Crippen molar-refractivity contribution in [2.75, 3.05) is 13.8 Å². The van der Waals surface area contributed by atoms with Gasteiger partial charge in [-0.1, -0.05) is 19.4 Å². The summed E-state index contributed by atoms with van der Waals surface area (Å²) in [4.78, 5) is 12.3. The van der Waals surface area contributed by atoms with Crippen LogP contribution < -0.4 is 14.8 Å². The first-order chi connectivity index (χ1) is 8.27. The number of ketones is 1. The Kier molecular flexibility index (Phi) is 3.64. The second-order valence-corrected chi connectivity index (χ2v) is 4.03. The molecule has 2 rings (SSSR count). The topological polar surface area (TPSA) is 47.6 Å². The van der Waals surface area contributed by atoms with Crippen LogP contribution in [0.3, 0.4) is 0 Å². The van der Waals surface area contributed by atoms with E-state index in [1.807, 2.05) is 12.1 Å². The zero-order valence-corrected chi connectivity index (χ0v) is 10.2. The van der Waals surface area contributed by atoms with Gasteiger partial charge in [-0.25, -0.2) is 0 Å². The molecule has 0 spiro atoms. The summed E-state index contributed by atoms with van der Waals surface area (Å²) in [5, 5.41) is 3.05. The van der Waals surface area contributed by atoms with Gasteiger partial charge in [0.2, 0.25) is 6.79 Å². The number of carbonyl (C=O) groups is 1. The van der Waals surface area contributed by atoms with Crippen molar-refractivity contribution in [1.29, 1.82) is 0 Å². The number of fused-ring (bicyclic) bond motifs is 1. The molecule has 4 heteroatoms. The summed E-state index contributed by atoms with van der Waals surface area (Å²) >= 11 is 0. The van der Waals surface area contributed by atoms with Gasteiger partial charge in [0.25, 0.3) is 0 Å². The molecule has 1 atom stereocenters. The molecule has 0 fully saturated rings. The monoisotopic (exact) mass is 235 g/mol. The predicted molar refractivity (Wildman–Crippen MR) is 64.7 cm³/mol. The van der Waals surface area contributed by atoms with Gasteiger partial charge in [-0.05, 0) is 25.6 Å². The highest BCUT2D eigenvalue weighted by Crippen LogP contribution is 2.36. The Labute approximate surface area is 101 Å². The quantitative estimate of drug-likeness (QED) is 0.793. The summed E-state index contributed by atoms with van der Waals surface area (Å²) in [6.07, 6.45) is 1.78. The fourth-order valence-corrected chi connectivity index (χ4v) is 2.01. The minimum Gasteiger partial charge on any atom is -0.454 e. The molecule has 0 saturated carbocycles. The SMILES string of the molecule is CCC[C@@H](NC)C(=O)c1cccc2c1OCO2. The van der Waals surface area contributed by atoms with Crippen molar-refractivity contribution in [1.82, 2.24) is 5.32 Å². The molecule has 0 amide bonds. The van der Waals surface area contributed by atoms with Gasteiger partial charge in [-0.3, -0.25) is 4.79 Å². The van der Waals surface area contributed by atoms with Crippen molar-refractivity contribution < 1.29 is 14.3 Å². The van der Waals surface area contributed by atoms with Gasteiger partial charge in [0.05, 0.1) is 11.6 Å². The molecule has 1 aliphatic rings. The van der Waals surface area contributed by atoms with Crippen LogP contribution in [0.15, 0.2) is 18.2 Å². The molecule has 1 aromatic carbocycles. The lowest BCUT2D eigenvalue weighted by molar-refractivity contribution is 0.0937. The van der Waals surface area contributed by atoms with Crippen LogP contribution in [0, 0.1) is 0 Å². The summed E-state index contributed by atoms with van der Waals surface area (Å²) in [5.41, 5.74) is 0.604. The maximum atomic E-state index is 12.3. The smallest absolute Gasteiger partial charge is 0.231 e. The minimum absolute atomic E-state index is 0.0664. The van der Waals surface area contributed by atoms with Crippen molar-refractivity contribution in [2.24, 2.45) is 0 Å². The van der Waals surface area contributed by atoms with Gasteiger partial charge in [0.1, 0.15) is 0 Å². The number of para-hydroxylation sites is 1. The van der Waals surface area contributed by atoms with Crippen LogP contribution in [-0.4, -0.2) is 25.7 Å². The number of Topliss-reactive ketones (excluding diaryl/α,β-unsaturated/α-hetero) is 1. The molecule has 1 heterocycles. The number of nitrogens with one attached hydrogen (secondary N) is 1. The number of hydrogen-bond donors (Lipinski definition) is 1. The minimum atomic E-state index is -0.157. The van der Waals surface area contributed by atoms with Crippen molar-refractivity contribution in [3.05, 3.63) is 23.8 Å². The Morgan fingerprint density at radius 3 is 3.00 bits per heavy atom. The normalized spacial score (nSPS) is 14.7. The highest BCUT2D eigenvalue weighted by atomic mass is 16.7. The van der Waals surface area contributed by atoms with Crippen LogP contribution >= 0.6 is 0 Å². The Bertz CT molecular complexity index is 417. The lowest BCUT2D eigenvalue weighted by Crippen LogP contribution is -2.34. The lowest BCUT2D eigenvalue weighted by Gasteiger charge is -2.14. The fourth-order valence-electron chi connectivity index (χ4n) is 2.01. The first-order valence-corrected chi connectivity index (χ1v) is 5.88. The summed E-state index contributed by atoms with van der Waals surface area (Å²) < 4.78 is 10.6. The fraction of sp³-hybridized carbons (Fsp3) is 0.462. The van der Waals surface area contributed by atoms with E-state index >= 15 is 0 Å². The second-order valence-electron chi connectivity index (χ2n) is 4.03. The maximum Gasteiger partial charge on any atom is 0.231 e. The van der Waals surface area contributed by atoms with Crippen LogP contribution in [0.25, 0.3) is 0 Å². The molecule has 0 aliphatic carbocycles. The van der Waals surface area contributed by atoms with Gasteiger partial charge >= 0.3 is 0 Å². The summed E-state index contributed by atoms with van der Waals surface area (Å²) in [5.74, 6) is 1.30. The van der Waals surface area contributed by atoms with Gasteiger partial charge in [-0.15, -0.1) is 0 Å². The van der Waals surface area contributed by atoms with Crippen molar-refractivity contribution in [3.8, 4) is 11.5 Å². The molecule has 0 saturated heterocycles. The van der Waals surface area contributed by atoms with E-state index in [1.165, 1.54) is 0 Å². The van der Waals surface area contributed by atoms with Crippen molar-refractivity contribution >= 4 is 5.78 Å². The number of rotatable bonds is 5. The van der Waals surface area contributed by atoms with Gasteiger partial charge < -0.3 is 14.8 Å². The van der Waals surface area contributed by atoms with E-state index in [4.69, 9.17) is 9.47 Å². The second kappa shape index (κ2) is 5.19. The Balaban J connectivity index is 2.28. The molecule has 17 heavy (non-hydrogen) atoms. The molecular weight excluding hydrogens is 218 g/mol. The van der Waals surface area contributed by atoms with E-state index < -0.39 is 0 Å². The van der Waals surface area contributed by atoms with Crippen LogP contribution in [0.4, 0.5) is 0 Å². The van der Waals surface area contributed by atoms with Gasteiger partial charge in [-0.2, -0.15) is 0 Å². The number of likely N-dealkylation sites (N-methyl/N-ethyl adjacent to an activating group) is 1. The van der Waals surface area contributed by atoms with Crippen LogP contribution in [-0.2, 0) is 0 Å². The average Bonchev–Trinajstić information content (AvgIpc) is 2.83. The average molecular weight is 235 g/mol. The first kappa shape index (κ1) is 11.9. The van der Waals surface area contributed by atoms with Crippen LogP contribution in [0.1, 0.15) is 30.1 Å². The molecule has 0 aromatic heterocycles. The summed E-state index contributed by atoms with van der Waals surface area (Å²) in [7, 11) is 1.80. The first-order valence-electron chi connectivity index (χ1n) is 5.88. The maximum absolute atomic E-state index is 12.3. The Hall–Kier alpha value is -1.55. The molecule has 1 aromatic rings. The third-order valence-corrected chi connectivity index (χ3v) is 2.90. The van der Waals surface area contributed by atoms with Crippen molar-refractivity contribution in [3.63, 3.8) is 0 Å². The molecule has 1 aliphatic heterocycles. The van der Waals surface area contributed by atoms with E-state index in [1.54, 1.807) is 13.1 Å². The third-order valence-electron chi connectivity index (χ3n) is 2.90. The third kappa shape index (κ3) is 2.26. The van der Waals surface area contributed by atoms with Crippen LogP contribution in [0.5, 0.6) is 11.5 Å². The largest absolute Gasteiger partial charge is 0.454 e. The molecule has 0 unspecified atom stereocenters. The Morgan fingerprint density at radius 1 is 1.47 bits per heavy atom. The standard InChI is InChI=1S/C13H17NO3/c1-3-5-10(14-2)12(15)9-6-4-7-11-13(9)17-8-16-11/h4,6-7,10,14H,3,5,8H2,1-2H3/t10-/m1/s1. The molecule has 4 nitrogen and oxygen atoms in total. The highest BCUT2D eigenvalue weighted by molar-refractivity contribution is 6.03. The number of ether oxygens (including phenoxy) is 2. The summed E-state index contributed by atoms with van der Waals surface area (Å²) in [6, 6.07) is 5.26. The van der Waals surface area contributed by atoms with E-state index in [9.17, 15) is 4.79 Å². The lowest BCUT2D eigenvalue weighted by atomic mass is 9.99.